The van der Waals surface area contributed by atoms with Gasteiger partial charge >= 0.3 is 7.12 Å². The fourth-order valence-corrected chi connectivity index (χ4v) is 2.64. The third-order valence-corrected chi connectivity index (χ3v) is 5.22. The van der Waals surface area contributed by atoms with Crippen LogP contribution in [0.1, 0.15) is 46.1 Å². The van der Waals surface area contributed by atoms with Gasteiger partial charge in [-0.2, -0.15) is 0 Å². The Balaban J connectivity index is 1.85. The van der Waals surface area contributed by atoms with Crippen LogP contribution >= 0.6 is 0 Å². The number of benzene rings is 1. The number of hydrogen-bond donors (Lipinski definition) is 1. The van der Waals surface area contributed by atoms with E-state index in [1.165, 1.54) is 25.0 Å². The molecule has 0 aromatic heterocycles. The fourth-order valence-electron chi connectivity index (χ4n) is 2.64. The molecule has 1 heterocycles. The van der Waals surface area contributed by atoms with Gasteiger partial charge in [0, 0.05) is 5.56 Å². The molecular weight excluding hydrogens is 322 g/mol. The highest BCUT2D eigenvalue weighted by atomic mass is 19.1. The van der Waals surface area contributed by atoms with Crippen LogP contribution in [0.3, 0.4) is 0 Å². The Labute approximate surface area is 149 Å². The van der Waals surface area contributed by atoms with E-state index in [-0.39, 0.29) is 12.4 Å². The first-order valence-corrected chi connectivity index (χ1v) is 8.81. The van der Waals surface area contributed by atoms with Crippen molar-refractivity contribution in [2.45, 2.75) is 51.7 Å². The van der Waals surface area contributed by atoms with Crippen LogP contribution in [0, 0.1) is 11.7 Å². The molecule has 3 rings (SSSR count). The molecule has 2 fully saturated rings. The van der Waals surface area contributed by atoms with Gasteiger partial charge in [0.25, 0.3) is 0 Å². The van der Waals surface area contributed by atoms with Gasteiger partial charge in [0.05, 0.1) is 24.4 Å². The number of halogens is 1. The Kier molecular flexibility index (Phi) is 4.97. The van der Waals surface area contributed by atoms with E-state index < -0.39 is 18.3 Å². The molecule has 1 aromatic rings. The van der Waals surface area contributed by atoms with E-state index in [9.17, 15) is 9.50 Å². The molecule has 136 valence electrons. The van der Waals surface area contributed by atoms with E-state index in [0.29, 0.717) is 29.3 Å². The number of ether oxygens (including phenoxy) is 1. The molecule has 1 aliphatic carbocycles. The molecule has 0 bridgehead atoms. The quantitative estimate of drug-likeness (QED) is 0.798. The van der Waals surface area contributed by atoms with Crippen molar-refractivity contribution >= 4 is 13.2 Å². The van der Waals surface area contributed by atoms with Crippen LogP contribution in [-0.4, -0.2) is 36.6 Å². The van der Waals surface area contributed by atoms with Crippen molar-refractivity contribution in [1.29, 1.82) is 0 Å². The molecule has 4 nitrogen and oxygen atoms in total. The van der Waals surface area contributed by atoms with Crippen LogP contribution in [0.4, 0.5) is 4.39 Å². The molecular formula is C19H26BFO4. The lowest BCUT2D eigenvalue weighted by Gasteiger charge is -2.32. The number of aliphatic hydroxyl groups excluding tert-OH is 1. The molecule has 0 amide bonds. The summed E-state index contributed by atoms with van der Waals surface area (Å²) in [6, 6.07) is 4.42. The summed E-state index contributed by atoms with van der Waals surface area (Å²) in [6.07, 6.45) is 4.07. The zero-order valence-corrected chi connectivity index (χ0v) is 15.3. The van der Waals surface area contributed by atoms with Crippen LogP contribution < -0.4 is 4.74 Å². The molecule has 1 aliphatic heterocycles. The largest absolute Gasteiger partial charge is 0.493 e. The molecule has 0 radical (unpaired) electrons. The molecule has 6 heteroatoms. The second kappa shape index (κ2) is 6.74. The average Bonchev–Trinajstić information content (AvgIpc) is 3.31. The van der Waals surface area contributed by atoms with Crippen molar-refractivity contribution in [3.63, 3.8) is 0 Å². The Morgan fingerprint density at radius 3 is 2.48 bits per heavy atom. The van der Waals surface area contributed by atoms with Gasteiger partial charge in [0.1, 0.15) is 11.6 Å². The summed E-state index contributed by atoms with van der Waals surface area (Å²) in [7, 11) is -0.672. The van der Waals surface area contributed by atoms with Gasteiger partial charge in [-0.25, -0.2) is 4.39 Å². The van der Waals surface area contributed by atoms with E-state index in [2.05, 4.69) is 0 Å². The lowest BCUT2D eigenvalue weighted by atomic mass is 9.77. The van der Waals surface area contributed by atoms with Crippen molar-refractivity contribution in [2.24, 2.45) is 5.92 Å². The van der Waals surface area contributed by atoms with Crippen molar-refractivity contribution < 1.29 is 23.5 Å². The van der Waals surface area contributed by atoms with E-state index in [1.807, 2.05) is 27.7 Å². The van der Waals surface area contributed by atoms with Crippen LogP contribution in [-0.2, 0) is 9.31 Å². The van der Waals surface area contributed by atoms with Crippen LogP contribution in [0.5, 0.6) is 5.75 Å². The van der Waals surface area contributed by atoms with Gasteiger partial charge in [0.2, 0.25) is 0 Å². The molecule has 1 aromatic carbocycles. The zero-order chi connectivity index (χ0) is 18.2. The summed E-state index contributed by atoms with van der Waals surface area (Å²) in [5.74, 6) is 0.856. The second-order valence-electron chi connectivity index (χ2n) is 7.90. The molecule has 1 N–H and O–H groups in total. The van der Waals surface area contributed by atoms with Crippen LogP contribution in [0.2, 0.25) is 0 Å². The molecule has 0 spiro atoms. The smallest absolute Gasteiger partial charge is 0.492 e. The van der Waals surface area contributed by atoms with Gasteiger partial charge < -0.3 is 19.2 Å². The average molecular weight is 348 g/mol. The third kappa shape index (κ3) is 4.07. The Morgan fingerprint density at radius 2 is 1.92 bits per heavy atom. The first-order chi connectivity index (χ1) is 11.7. The molecule has 0 atom stereocenters. The van der Waals surface area contributed by atoms with Crippen molar-refractivity contribution in [3.05, 3.63) is 35.1 Å². The summed E-state index contributed by atoms with van der Waals surface area (Å²) in [6.45, 7) is 8.21. The van der Waals surface area contributed by atoms with E-state index in [1.54, 1.807) is 12.1 Å². The van der Waals surface area contributed by atoms with Gasteiger partial charge in [-0.1, -0.05) is 6.08 Å². The minimum Gasteiger partial charge on any atom is -0.493 e. The zero-order valence-electron chi connectivity index (χ0n) is 15.3. The first kappa shape index (κ1) is 18.4. The fraction of sp³-hybridized carbons (Fsp3) is 0.579. The molecule has 1 saturated heterocycles. The van der Waals surface area contributed by atoms with E-state index in [0.717, 1.165) is 0 Å². The summed E-state index contributed by atoms with van der Waals surface area (Å²) in [4.78, 5) is 0. The van der Waals surface area contributed by atoms with Crippen LogP contribution in [0.25, 0.3) is 6.08 Å². The SMILES string of the molecule is CC1(C)OB(C(=Cc2cc(F)ccc2OCC2CC2)CO)OC1(C)C. The van der Waals surface area contributed by atoms with E-state index in [4.69, 9.17) is 14.0 Å². The summed E-state index contributed by atoms with van der Waals surface area (Å²) in [5.41, 5.74) is 0.123. The van der Waals surface area contributed by atoms with Crippen molar-refractivity contribution in [2.75, 3.05) is 13.2 Å². The lowest BCUT2D eigenvalue weighted by molar-refractivity contribution is 0.00578. The van der Waals surface area contributed by atoms with Gasteiger partial charge in [-0.3, -0.25) is 0 Å². The highest BCUT2D eigenvalue weighted by Crippen LogP contribution is 2.39. The van der Waals surface area contributed by atoms with Gasteiger partial charge in [-0.05, 0) is 70.1 Å². The molecule has 2 aliphatic rings. The van der Waals surface area contributed by atoms with Gasteiger partial charge in [0.15, 0.2) is 0 Å². The maximum absolute atomic E-state index is 13.7. The van der Waals surface area contributed by atoms with Gasteiger partial charge in [-0.15, -0.1) is 0 Å². The van der Waals surface area contributed by atoms with E-state index >= 15 is 0 Å². The number of rotatable bonds is 6. The monoisotopic (exact) mass is 348 g/mol. The predicted octanol–water partition coefficient (Wildman–Crippen LogP) is 3.62. The number of hydrogen-bond acceptors (Lipinski definition) is 4. The topological polar surface area (TPSA) is 47.9 Å². The standard InChI is InChI=1S/C19H26BFO4/c1-18(2)19(3,4)25-20(24-18)15(11-22)9-14-10-16(21)7-8-17(14)23-12-13-5-6-13/h7-10,13,22H,5-6,11-12H2,1-4H3. The lowest BCUT2D eigenvalue weighted by Crippen LogP contribution is -2.41. The predicted molar refractivity (Wildman–Crippen MR) is 95.8 cm³/mol. The molecule has 0 unspecified atom stereocenters. The normalized spacial score (nSPS) is 22.3. The highest BCUT2D eigenvalue weighted by Gasteiger charge is 2.52. The van der Waals surface area contributed by atoms with Crippen LogP contribution in [0.15, 0.2) is 23.7 Å². The maximum Gasteiger partial charge on any atom is 0.492 e. The Hall–Kier alpha value is -1.37. The Bertz CT molecular complexity index is 651. The minimum absolute atomic E-state index is 0.241. The number of aliphatic hydroxyl groups is 1. The van der Waals surface area contributed by atoms with Crippen molar-refractivity contribution in [1.82, 2.24) is 0 Å². The third-order valence-electron chi connectivity index (χ3n) is 5.22. The summed E-state index contributed by atoms with van der Waals surface area (Å²) >= 11 is 0. The minimum atomic E-state index is -0.672. The summed E-state index contributed by atoms with van der Waals surface area (Å²) in [5, 5.41) is 9.81. The Morgan fingerprint density at radius 1 is 1.28 bits per heavy atom. The first-order valence-electron chi connectivity index (χ1n) is 8.81. The molecule has 25 heavy (non-hydrogen) atoms. The highest BCUT2D eigenvalue weighted by molar-refractivity contribution is 6.55. The second-order valence-corrected chi connectivity index (χ2v) is 7.90. The summed E-state index contributed by atoms with van der Waals surface area (Å²) < 4.78 is 31.5. The maximum atomic E-state index is 13.7. The van der Waals surface area contributed by atoms with Crippen molar-refractivity contribution in [3.8, 4) is 5.75 Å². The molecule has 1 saturated carbocycles.